The second kappa shape index (κ2) is 6.47. The van der Waals surface area contributed by atoms with Gasteiger partial charge in [-0.2, -0.15) is 0 Å². The molecule has 2 amide bonds. The smallest absolute Gasteiger partial charge is 0.325 e. The summed E-state index contributed by atoms with van der Waals surface area (Å²) >= 11 is 0. The van der Waals surface area contributed by atoms with Gasteiger partial charge in [0.25, 0.3) is 0 Å². The van der Waals surface area contributed by atoms with Crippen molar-refractivity contribution >= 4 is 12.0 Å². The van der Waals surface area contributed by atoms with E-state index in [1.165, 1.54) is 26.2 Å². The predicted molar refractivity (Wildman–Crippen MR) is 64.8 cm³/mol. The van der Waals surface area contributed by atoms with Crippen molar-refractivity contribution in [1.82, 2.24) is 10.6 Å². The van der Waals surface area contributed by atoms with Crippen LogP contribution in [0.3, 0.4) is 0 Å². The minimum Gasteiger partial charge on any atom is -0.480 e. The lowest BCUT2D eigenvalue weighted by Crippen LogP contribution is -2.46. The Bertz CT molecular complexity index is 281. The average molecular weight is 242 g/mol. The molecule has 0 heterocycles. The lowest BCUT2D eigenvalue weighted by Gasteiger charge is -2.28. The molecule has 0 spiro atoms. The van der Waals surface area contributed by atoms with Crippen LogP contribution >= 0.6 is 0 Å². The van der Waals surface area contributed by atoms with Gasteiger partial charge in [0.15, 0.2) is 0 Å². The van der Waals surface area contributed by atoms with Gasteiger partial charge in [0.1, 0.15) is 6.04 Å². The van der Waals surface area contributed by atoms with Crippen molar-refractivity contribution in [3.8, 4) is 0 Å². The molecule has 0 aromatic rings. The molecule has 0 saturated heterocycles. The number of carboxylic acids is 1. The molecular weight excluding hydrogens is 220 g/mol. The molecule has 3 atom stereocenters. The first-order chi connectivity index (χ1) is 8.00. The molecule has 1 aliphatic rings. The quantitative estimate of drug-likeness (QED) is 0.700. The van der Waals surface area contributed by atoms with Crippen LogP contribution in [0.2, 0.25) is 0 Å². The van der Waals surface area contributed by atoms with E-state index in [0.717, 1.165) is 6.42 Å². The van der Waals surface area contributed by atoms with Gasteiger partial charge in [0.2, 0.25) is 0 Å². The molecule has 3 N–H and O–H groups in total. The maximum Gasteiger partial charge on any atom is 0.325 e. The molecule has 3 unspecified atom stereocenters. The summed E-state index contributed by atoms with van der Waals surface area (Å²) in [6.45, 7) is 4.30. The van der Waals surface area contributed by atoms with Gasteiger partial charge in [-0.3, -0.25) is 4.79 Å². The number of aliphatic carboxylic acids is 1. The Hall–Kier alpha value is -1.26. The van der Waals surface area contributed by atoms with Crippen molar-refractivity contribution in [1.29, 1.82) is 0 Å². The Labute approximate surface area is 102 Å². The van der Waals surface area contributed by atoms with Crippen LogP contribution in [-0.4, -0.2) is 29.7 Å². The second-order valence-electron chi connectivity index (χ2n) is 4.94. The summed E-state index contributed by atoms with van der Waals surface area (Å²) in [5.74, 6) is 0.141. The number of carboxylic acid groups (broad SMARTS) is 1. The molecule has 0 aromatic heterocycles. The molecule has 0 aromatic carbocycles. The van der Waals surface area contributed by atoms with Crippen LogP contribution in [0.4, 0.5) is 4.79 Å². The molecule has 0 radical (unpaired) electrons. The van der Waals surface area contributed by atoms with E-state index in [9.17, 15) is 9.59 Å². The van der Waals surface area contributed by atoms with Gasteiger partial charge in [-0.25, -0.2) is 4.79 Å². The number of hydrogen-bond donors (Lipinski definition) is 3. The molecule has 5 nitrogen and oxygen atoms in total. The molecule has 1 rings (SSSR count). The third kappa shape index (κ3) is 4.63. The summed E-state index contributed by atoms with van der Waals surface area (Å²) in [6.07, 6.45) is 4.87. The van der Waals surface area contributed by atoms with E-state index in [2.05, 4.69) is 17.6 Å². The summed E-state index contributed by atoms with van der Waals surface area (Å²) in [6, 6.07) is -1.24. The number of amides is 2. The third-order valence-corrected chi connectivity index (χ3v) is 3.53. The second-order valence-corrected chi connectivity index (χ2v) is 4.94. The van der Waals surface area contributed by atoms with Gasteiger partial charge in [0, 0.05) is 6.54 Å². The lowest BCUT2D eigenvalue weighted by molar-refractivity contribution is -0.138. The zero-order valence-corrected chi connectivity index (χ0v) is 10.5. The molecule has 1 fully saturated rings. The van der Waals surface area contributed by atoms with Gasteiger partial charge < -0.3 is 15.7 Å². The van der Waals surface area contributed by atoms with Gasteiger partial charge in [-0.15, -0.1) is 0 Å². The van der Waals surface area contributed by atoms with Crippen LogP contribution in [0.25, 0.3) is 0 Å². The van der Waals surface area contributed by atoms with Crippen molar-refractivity contribution in [3.05, 3.63) is 0 Å². The number of nitrogens with one attached hydrogen (secondary N) is 2. The summed E-state index contributed by atoms with van der Waals surface area (Å²) in [5, 5.41) is 13.8. The summed E-state index contributed by atoms with van der Waals surface area (Å²) in [5.41, 5.74) is 0. The van der Waals surface area contributed by atoms with Crippen LogP contribution in [0.5, 0.6) is 0 Å². The highest BCUT2D eigenvalue weighted by molar-refractivity contribution is 5.82. The monoisotopic (exact) mass is 242 g/mol. The van der Waals surface area contributed by atoms with E-state index in [-0.39, 0.29) is 0 Å². The van der Waals surface area contributed by atoms with Crippen molar-refractivity contribution in [3.63, 3.8) is 0 Å². The molecule has 1 saturated carbocycles. The molecular formula is C12H22N2O3. The number of hydrogen-bond acceptors (Lipinski definition) is 2. The van der Waals surface area contributed by atoms with Crippen LogP contribution in [-0.2, 0) is 4.79 Å². The molecule has 98 valence electrons. The first kappa shape index (κ1) is 13.8. The fraction of sp³-hybridized carbons (Fsp3) is 0.833. The molecule has 5 heteroatoms. The molecule has 0 aliphatic heterocycles. The van der Waals surface area contributed by atoms with E-state index in [1.807, 2.05) is 0 Å². The van der Waals surface area contributed by atoms with Crippen LogP contribution in [0.15, 0.2) is 0 Å². The van der Waals surface area contributed by atoms with Gasteiger partial charge in [0.05, 0.1) is 0 Å². The number of carbonyl (C=O) groups excluding carboxylic acids is 1. The molecule has 0 bridgehead atoms. The Morgan fingerprint density at radius 2 is 2.00 bits per heavy atom. The Morgan fingerprint density at radius 1 is 1.35 bits per heavy atom. The van der Waals surface area contributed by atoms with Crippen molar-refractivity contribution in [2.75, 3.05) is 6.54 Å². The maximum absolute atomic E-state index is 11.4. The van der Waals surface area contributed by atoms with Crippen molar-refractivity contribution in [2.45, 2.75) is 45.6 Å². The van der Waals surface area contributed by atoms with Crippen molar-refractivity contribution in [2.24, 2.45) is 11.8 Å². The lowest BCUT2D eigenvalue weighted by atomic mass is 9.80. The van der Waals surface area contributed by atoms with Gasteiger partial charge >= 0.3 is 12.0 Å². The average Bonchev–Trinajstić information content (AvgIpc) is 2.27. The molecule has 17 heavy (non-hydrogen) atoms. The third-order valence-electron chi connectivity index (χ3n) is 3.53. The van der Waals surface area contributed by atoms with Gasteiger partial charge in [-0.05, 0) is 25.2 Å². The minimum atomic E-state index is -1.02. The fourth-order valence-electron chi connectivity index (χ4n) is 2.23. The highest BCUT2D eigenvalue weighted by atomic mass is 16.4. The highest BCUT2D eigenvalue weighted by Crippen LogP contribution is 2.28. The van der Waals surface area contributed by atoms with Crippen LogP contribution < -0.4 is 10.6 Å². The first-order valence-electron chi connectivity index (χ1n) is 6.28. The molecule has 1 aliphatic carbocycles. The standard InChI is InChI=1S/C12H22N2O3/c1-8-5-3-4-6-10(8)7-13-12(17)14-9(2)11(15)16/h8-10H,3-7H2,1-2H3,(H,15,16)(H2,13,14,17). The normalized spacial score (nSPS) is 26.0. The first-order valence-corrected chi connectivity index (χ1v) is 6.28. The van der Waals surface area contributed by atoms with E-state index in [0.29, 0.717) is 18.4 Å². The topological polar surface area (TPSA) is 78.4 Å². The minimum absolute atomic E-state index is 0.391. The zero-order chi connectivity index (χ0) is 12.8. The van der Waals surface area contributed by atoms with Crippen LogP contribution in [0.1, 0.15) is 39.5 Å². The van der Waals surface area contributed by atoms with Crippen LogP contribution in [0, 0.1) is 11.8 Å². The summed E-state index contributed by atoms with van der Waals surface area (Å²) in [7, 11) is 0. The summed E-state index contributed by atoms with van der Waals surface area (Å²) < 4.78 is 0. The number of rotatable bonds is 4. The Morgan fingerprint density at radius 3 is 2.59 bits per heavy atom. The number of carbonyl (C=O) groups is 2. The number of urea groups is 1. The Kier molecular flexibility index (Phi) is 5.25. The predicted octanol–water partition coefficient (Wildman–Crippen LogP) is 1.58. The Balaban J connectivity index is 2.25. The van der Waals surface area contributed by atoms with E-state index in [1.54, 1.807) is 0 Å². The zero-order valence-electron chi connectivity index (χ0n) is 10.5. The maximum atomic E-state index is 11.4. The van der Waals surface area contributed by atoms with E-state index in [4.69, 9.17) is 5.11 Å². The van der Waals surface area contributed by atoms with E-state index >= 15 is 0 Å². The highest BCUT2D eigenvalue weighted by Gasteiger charge is 2.22. The van der Waals surface area contributed by atoms with Crippen molar-refractivity contribution < 1.29 is 14.7 Å². The summed E-state index contributed by atoms with van der Waals surface area (Å²) in [4.78, 5) is 22.0. The largest absolute Gasteiger partial charge is 0.480 e. The van der Waals surface area contributed by atoms with E-state index < -0.39 is 18.0 Å². The van der Waals surface area contributed by atoms with Gasteiger partial charge in [-0.1, -0.05) is 26.2 Å². The fourth-order valence-corrected chi connectivity index (χ4v) is 2.23. The SMILES string of the molecule is CC(NC(=O)NCC1CCCCC1C)C(=O)O.